The summed E-state index contributed by atoms with van der Waals surface area (Å²) < 4.78 is 11.1. The van der Waals surface area contributed by atoms with Crippen LogP contribution in [0.15, 0.2) is 23.4 Å². The van der Waals surface area contributed by atoms with E-state index in [4.69, 9.17) is 20.4 Å². The second-order valence-electron chi connectivity index (χ2n) is 6.91. The molecule has 2 rings (SSSR count). The van der Waals surface area contributed by atoms with Gasteiger partial charge in [0, 0.05) is 30.2 Å². The number of nitrogens with zero attached hydrogens (tertiary/aromatic N) is 2. The van der Waals surface area contributed by atoms with E-state index in [0.29, 0.717) is 31.1 Å². The van der Waals surface area contributed by atoms with Crippen LogP contribution in [0.5, 0.6) is 5.75 Å². The highest BCUT2D eigenvalue weighted by Crippen LogP contribution is 2.29. The molecule has 0 aliphatic carbocycles. The Morgan fingerprint density at radius 2 is 2.21 bits per heavy atom. The van der Waals surface area contributed by atoms with Crippen LogP contribution in [0.25, 0.3) is 0 Å². The molecule has 0 unspecified atom stereocenters. The Morgan fingerprint density at radius 1 is 1.50 bits per heavy atom. The molecule has 1 atom stereocenters. The molecule has 0 fully saturated rings. The third-order valence-corrected chi connectivity index (χ3v) is 3.94. The number of amidine groups is 1. The number of rotatable bonds is 3. The van der Waals surface area contributed by atoms with Crippen LogP contribution < -0.4 is 10.5 Å². The topological polar surface area (TPSA) is 97.4 Å². The van der Waals surface area contributed by atoms with Gasteiger partial charge in [-0.3, -0.25) is 4.79 Å². The van der Waals surface area contributed by atoms with Crippen molar-refractivity contribution in [2.24, 2.45) is 16.3 Å². The van der Waals surface area contributed by atoms with Crippen LogP contribution in [-0.4, -0.2) is 48.2 Å². The van der Waals surface area contributed by atoms with E-state index in [0.717, 1.165) is 5.56 Å². The molecule has 1 aliphatic rings. The Labute approximate surface area is 142 Å². The highest BCUT2D eigenvalue weighted by atomic mass is 16.5. The fourth-order valence-electron chi connectivity index (χ4n) is 2.62. The number of hydrogen-bond acceptors (Lipinski definition) is 5. The number of hydrogen-bond donors (Lipinski definition) is 2. The van der Waals surface area contributed by atoms with Gasteiger partial charge < -0.3 is 25.3 Å². The van der Waals surface area contributed by atoms with Crippen molar-refractivity contribution < 1.29 is 19.5 Å². The van der Waals surface area contributed by atoms with Gasteiger partial charge in [0.05, 0.1) is 12.6 Å². The monoisotopic (exact) mass is 335 g/mol. The predicted molar refractivity (Wildman–Crippen MR) is 90.1 cm³/mol. The predicted octanol–water partition coefficient (Wildman–Crippen LogP) is 1.56. The number of fused-ring (bicyclic) bond motifs is 1. The van der Waals surface area contributed by atoms with Crippen LogP contribution in [0.3, 0.4) is 0 Å². The summed E-state index contributed by atoms with van der Waals surface area (Å²) in [5.41, 5.74) is 6.58. The molecule has 0 saturated heterocycles. The summed E-state index contributed by atoms with van der Waals surface area (Å²) in [6, 6.07) is 5.12. The molecule has 7 nitrogen and oxygen atoms in total. The van der Waals surface area contributed by atoms with Gasteiger partial charge >= 0.3 is 0 Å². The molecule has 7 heteroatoms. The average Bonchev–Trinajstić information content (AvgIpc) is 2.72. The van der Waals surface area contributed by atoms with Crippen LogP contribution in [0.4, 0.5) is 0 Å². The Bertz CT molecular complexity index is 637. The lowest BCUT2D eigenvalue weighted by Gasteiger charge is -2.33. The van der Waals surface area contributed by atoms with Gasteiger partial charge in [0.25, 0.3) is 0 Å². The van der Waals surface area contributed by atoms with Crippen molar-refractivity contribution in [3.63, 3.8) is 0 Å². The third kappa shape index (κ3) is 3.79. The van der Waals surface area contributed by atoms with Gasteiger partial charge in [-0.2, -0.15) is 0 Å². The minimum atomic E-state index is -0.496. The standard InChI is InChI=1S/C17H25N3O4/c1-17(2,3)16(21)20-8-12-6-5-11(15(18)19-22)7-14(12)24-10-13(20)9-23-4/h5-7,13,22H,8-10H2,1-4H3,(H2,18,19)/t13-/m0/s1. The van der Waals surface area contributed by atoms with Crippen molar-refractivity contribution in [2.75, 3.05) is 20.3 Å². The number of oxime groups is 1. The first kappa shape index (κ1) is 18.1. The molecular formula is C17H25N3O4. The smallest absolute Gasteiger partial charge is 0.228 e. The molecular weight excluding hydrogens is 310 g/mol. The van der Waals surface area contributed by atoms with Crippen LogP contribution in [-0.2, 0) is 16.1 Å². The summed E-state index contributed by atoms with van der Waals surface area (Å²) in [5.74, 6) is 0.688. The summed E-state index contributed by atoms with van der Waals surface area (Å²) in [6.45, 7) is 6.83. The Balaban J connectivity index is 2.37. The van der Waals surface area contributed by atoms with Gasteiger partial charge in [0.1, 0.15) is 12.4 Å². The van der Waals surface area contributed by atoms with E-state index < -0.39 is 5.41 Å². The molecule has 0 saturated carbocycles. The first-order valence-electron chi connectivity index (χ1n) is 7.81. The molecule has 24 heavy (non-hydrogen) atoms. The van der Waals surface area contributed by atoms with E-state index in [1.54, 1.807) is 24.1 Å². The molecule has 132 valence electrons. The molecule has 0 bridgehead atoms. The number of carbonyl (C=O) groups excluding carboxylic acids is 1. The normalized spacial score (nSPS) is 18.6. The Morgan fingerprint density at radius 3 is 2.79 bits per heavy atom. The molecule has 1 aromatic rings. The maximum absolute atomic E-state index is 12.8. The number of ether oxygens (including phenoxy) is 2. The summed E-state index contributed by atoms with van der Waals surface area (Å²) in [4.78, 5) is 14.6. The fraction of sp³-hybridized carbons (Fsp3) is 0.529. The number of amides is 1. The van der Waals surface area contributed by atoms with Crippen molar-refractivity contribution in [3.05, 3.63) is 29.3 Å². The maximum atomic E-state index is 12.8. The molecule has 1 aliphatic heterocycles. The van der Waals surface area contributed by atoms with Crippen LogP contribution in [0.1, 0.15) is 31.9 Å². The molecule has 0 aromatic heterocycles. The van der Waals surface area contributed by atoms with Crippen molar-refractivity contribution >= 4 is 11.7 Å². The van der Waals surface area contributed by atoms with Gasteiger partial charge in [-0.15, -0.1) is 0 Å². The summed E-state index contributed by atoms with van der Waals surface area (Å²) in [7, 11) is 1.61. The minimum absolute atomic E-state index is 0.0155. The number of carbonyl (C=O) groups is 1. The maximum Gasteiger partial charge on any atom is 0.228 e. The molecule has 0 spiro atoms. The Hall–Kier alpha value is -2.28. The quantitative estimate of drug-likeness (QED) is 0.378. The summed E-state index contributed by atoms with van der Waals surface area (Å²) in [6.07, 6.45) is 0. The zero-order chi connectivity index (χ0) is 17.9. The van der Waals surface area contributed by atoms with Crippen molar-refractivity contribution in [1.29, 1.82) is 0 Å². The Kier molecular flexibility index (Phi) is 5.33. The minimum Gasteiger partial charge on any atom is -0.491 e. The van der Waals surface area contributed by atoms with Gasteiger partial charge in [0.15, 0.2) is 5.84 Å². The summed E-state index contributed by atoms with van der Waals surface area (Å²) >= 11 is 0. The zero-order valence-corrected chi connectivity index (χ0v) is 14.6. The number of methoxy groups -OCH3 is 1. The SMILES string of the molecule is COC[C@H]1COc2cc(C(N)=NO)ccc2CN1C(=O)C(C)(C)C. The average molecular weight is 335 g/mol. The fourth-order valence-corrected chi connectivity index (χ4v) is 2.62. The van der Waals surface area contributed by atoms with Gasteiger partial charge in [-0.25, -0.2) is 0 Å². The second-order valence-corrected chi connectivity index (χ2v) is 6.91. The third-order valence-electron chi connectivity index (χ3n) is 3.94. The van der Waals surface area contributed by atoms with E-state index in [1.165, 1.54) is 0 Å². The first-order chi connectivity index (χ1) is 11.3. The summed E-state index contributed by atoms with van der Waals surface area (Å²) in [5, 5.41) is 11.8. The number of benzene rings is 1. The van der Waals surface area contributed by atoms with Crippen molar-refractivity contribution in [1.82, 2.24) is 4.90 Å². The highest BCUT2D eigenvalue weighted by Gasteiger charge is 2.34. The zero-order valence-electron chi connectivity index (χ0n) is 14.6. The lowest BCUT2D eigenvalue weighted by Crippen LogP contribution is -2.48. The molecule has 3 N–H and O–H groups in total. The number of nitrogens with two attached hydrogens (primary N) is 1. The van der Waals surface area contributed by atoms with E-state index in [-0.39, 0.29) is 17.8 Å². The molecule has 1 aromatic carbocycles. The van der Waals surface area contributed by atoms with Crippen molar-refractivity contribution in [3.8, 4) is 5.75 Å². The van der Waals surface area contributed by atoms with E-state index in [2.05, 4.69) is 5.16 Å². The van der Waals surface area contributed by atoms with E-state index in [9.17, 15) is 4.79 Å². The van der Waals surface area contributed by atoms with Crippen LogP contribution in [0, 0.1) is 5.41 Å². The van der Waals surface area contributed by atoms with Crippen LogP contribution >= 0.6 is 0 Å². The van der Waals surface area contributed by atoms with E-state index >= 15 is 0 Å². The molecule has 1 amide bonds. The lowest BCUT2D eigenvalue weighted by atomic mass is 9.93. The lowest BCUT2D eigenvalue weighted by molar-refractivity contribution is -0.144. The molecule has 0 radical (unpaired) electrons. The highest BCUT2D eigenvalue weighted by molar-refractivity contribution is 5.97. The van der Waals surface area contributed by atoms with E-state index in [1.807, 2.05) is 26.8 Å². The molecule has 1 heterocycles. The van der Waals surface area contributed by atoms with Gasteiger partial charge in [-0.1, -0.05) is 38.1 Å². The first-order valence-corrected chi connectivity index (χ1v) is 7.81. The van der Waals surface area contributed by atoms with Crippen LogP contribution in [0.2, 0.25) is 0 Å². The van der Waals surface area contributed by atoms with Crippen molar-refractivity contribution in [2.45, 2.75) is 33.4 Å². The van der Waals surface area contributed by atoms with Gasteiger partial charge in [-0.05, 0) is 6.07 Å². The second kappa shape index (κ2) is 7.09. The van der Waals surface area contributed by atoms with Gasteiger partial charge in [0.2, 0.25) is 5.91 Å². The largest absolute Gasteiger partial charge is 0.491 e.